The van der Waals surface area contributed by atoms with Crippen molar-refractivity contribution in [2.75, 3.05) is 13.7 Å². The van der Waals surface area contributed by atoms with E-state index in [1.807, 2.05) is 0 Å². The number of hydrogen-bond donors (Lipinski definition) is 0. The zero-order valence-electron chi connectivity index (χ0n) is 12.0. The van der Waals surface area contributed by atoms with Crippen molar-refractivity contribution >= 4 is 11.9 Å². The highest BCUT2D eigenvalue weighted by Crippen LogP contribution is 2.09. The summed E-state index contributed by atoms with van der Waals surface area (Å²) in [6.07, 6.45) is 1.46. The Bertz CT molecular complexity index is 661. The molecule has 114 valence electrons. The molecule has 0 unspecified atom stereocenters. The van der Waals surface area contributed by atoms with Crippen molar-refractivity contribution in [2.45, 2.75) is 6.54 Å². The molecule has 2 aromatic rings. The van der Waals surface area contributed by atoms with Crippen LogP contribution in [0.4, 0.5) is 4.39 Å². The van der Waals surface area contributed by atoms with Crippen LogP contribution in [0.3, 0.4) is 0 Å². The van der Waals surface area contributed by atoms with Gasteiger partial charge in [-0.3, -0.25) is 4.79 Å². The molecule has 2 rings (SSSR count). The number of pyridine rings is 1. The lowest BCUT2D eigenvalue weighted by molar-refractivity contribution is -0.133. The van der Waals surface area contributed by atoms with Gasteiger partial charge < -0.3 is 9.64 Å². The molecule has 0 saturated heterocycles. The molecule has 1 amide bonds. The molecule has 1 aromatic carbocycles. The highest BCUT2D eigenvalue weighted by Gasteiger charge is 2.15. The zero-order chi connectivity index (χ0) is 15.9. The minimum absolute atomic E-state index is 0.104. The van der Waals surface area contributed by atoms with E-state index in [4.69, 9.17) is 4.74 Å². The zero-order valence-corrected chi connectivity index (χ0v) is 12.0. The molecule has 1 aromatic heterocycles. The van der Waals surface area contributed by atoms with Crippen LogP contribution in [0, 0.1) is 5.82 Å². The number of ether oxygens (including phenoxy) is 1. The van der Waals surface area contributed by atoms with Crippen molar-refractivity contribution in [1.29, 1.82) is 0 Å². The van der Waals surface area contributed by atoms with E-state index >= 15 is 0 Å². The van der Waals surface area contributed by atoms with Gasteiger partial charge >= 0.3 is 5.97 Å². The van der Waals surface area contributed by atoms with Gasteiger partial charge in [0.15, 0.2) is 6.61 Å². The molecule has 0 saturated carbocycles. The number of aromatic nitrogens is 1. The van der Waals surface area contributed by atoms with Crippen LogP contribution in [-0.4, -0.2) is 35.4 Å². The number of likely N-dealkylation sites (N-methyl/N-ethyl adjacent to an activating group) is 1. The van der Waals surface area contributed by atoms with E-state index in [0.717, 1.165) is 0 Å². The normalized spacial score (nSPS) is 10.1. The van der Waals surface area contributed by atoms with E-state index in [1.165, 1.54) is 30.3 Å². The summed E-state index contributed by atoms with van der Waals surface area (Å²) in [5.74, 6) is -1.48. The fourth-order valence-corrected chi connectivity index (χ4v) is 1.77. The minimum atomic E-state index is -0.673. The van der Waals surface area contributed by atoms with Crippen LogP contribution in [0.25, 0.3) is 0 Å². The molecule has 0 radical (unpaired) electrons. The second-order valence-electron chi connectivity index (χ2n) is 4.63. The van der Waals surface area contributed by atoms with Crippen LogP contribution < -0.4 is 0 Å². The minimum Gasteiger partial charge on any atom is -0.451 e. The molecule has 0 atom stereocenters. The lowest BCUT2D eigenvalue weighted by Gasteiger charge is -2.17. The monoisotopic (exact) mass is 302 g/mol. The van der Waals surface area contributed by atoms with Crippen molar-refractivity contribution in [1.82, 2.24) is 9.88 Å². The summed E-state index contributed by atoms with van der Waals surface area (Å²) in [6.45, 7) is -0.312. The first-order chi connectivity index (χ1) is 10.6. The topological polar surface area (TPSA) is 59.5 Å². The van der Waals surface area contributed by atoms with E-state index in [9.17, 15) is 14.0 Å². The Kier molecular flexibility index (Phi) is 5.19. The second kappa shape index (κ2) is 7.31. The Morgan fingerprint density at radius 2 is 1.91 bits per heavy atom. The molecule has 0 bridgehead atoms. The predicted octanol–water partition coefficient (Wildman–Crippen LogP) is 2.04. The molecule has 1 heterocycles. The molecule has 0 aliphatic carbocycles. The first-order valence-electron chi connectivity index (χ1n) is 6.63. The van der Waals surface area contributed by atoms with Crippen LogP contribution >= 0.6 is 0 Å². The van der Waals surface area contributed by atoms with Gasteiger partial charge in [-0.1, -0.05) is 24.3 Å². The maximum absolute atomic E-state index is 13.5. The molecule has 5 nitrogen and oxygen atoms in total. The van der Waals surface area contributed by atoms with Gasteiger partial charge in [-0.25, -0.2) is 14.2 Å². The van der Waals surface area contributed by atoms with Crippen LogP contribution in [0.15, 0.2) is 48.7 Å². The van der Waals surface area contributed by atoms with Crippen molar-refractivity contribution in [3.8, 4) is 0 Å². The van der Waals surface area contributed by atoms with Gasteiger partial charge in [0.05, 0.1) is 0 Å². The number of esters is 1. The summed E-state index contributed by atoms with van der Waals surface area (Å²) in [7, 11) is 1.52. The Morgan fingerprint density at radius 3 is 2.59 bits per heavy atom. The fourth-order valence-electron chi connectivity index (χ4n) is 1.77. The summed E-state index contributed by atoms with van der Waals surface area (Å²) in [5.41, 5.74) is 0.529. The van der Waals surface area contributed by atoms with Crippen LogP contribution in [0.2, 0.25) is 0 Å². The number of rotatable bonds is 5. The fraction of sp³-hybridized carbons (Fsp3) is 0.188. The Balaban J connectivity index is 1.87. The van der Waals surface area contributed by atoms with Crippen molar-refractivity contribution in [3.05, 3.63) is 65.7 Å². The molecule has 0 aliphatic heterocycles. The first kappa shape index (κ1) is 15.6. The van der Waals surface area contributed by atoms with Crippen molar-refractivity contribution in [2.24, 2.45) is 0 Å². The standard InChI is InChI=1S/C16H15FN2O3/c1-19(10-12-6-2-3-7-13(12)17)15(20)11-22-16(21)14-8-4-5-9-18-14/h2-9H,10-11H2,1H3. The Labute approximate surface area is 127 Å². The third-order valence-electron chi connectivity index (χ3n) is 2.99. The second-order valence-corrected chi connectivity index (χ2v) is 4.63. The molecule has 6 heteroatoms. The Hall–Kier alpha value is -2.76. The SMILES string of the molecule is CN(Cc1ccccc1F)C(=O)COC(=O)c1ccccn1. The van der Waals surface area contributed by atoms with E-state index in [1.54, 1.807) is 30.3 Å². The summed E-state index contributed by atoms with van der Waals surface area (Å²) in [5, 5.41) is 0. The summed E-state index contributed by atoms with van der Waals surface area (Å²) >= 11 is 0. The number of carbonyl (C=O) groups excluding carboxylic acids is 2. The first-order valence-corrected chi connectivity index (χ1v) is 6.63. The molecule has 0 aliphatic rings. The van der Waals surface area contributed by atoms with Gasteiger partial charge in [0.2, 0.25) is 0 Å². The van der Waals surface area contributed by atoms with Crippen molar-refractivity contribution in [3.63, 3.8) is 0 Å². The summed E-state index contributed by atoms with van der Waals surface area (Å²) in [6, 6.07) is 11.0. The third-order valence-corrected chi connectivity index (χ3v) is 2.99. The molecule has 0 fully saturated rings. The van der Waals surface area contributed by atoms with E-state index < -0.39 is 18.5 Å². The van der Waals surface area contributed by atoms with E-state index in [0.29, 0.717) is 5.56 Å². The molecule has 0 N–H and O–H groups in total. The van der Waals surface area contributed by atoms with Crippen LogP contribution in [0.5, 0.6) is 0 Å². The highest BCUT2D eigenvalue weighted by molar-refractivity contribution is 5.89. The van der Waals surface area contributed by atoms with Crippen molar-refractivity contribution < 1.29 is 18.7 Å². The van der Waals surface area contributed by atoms with Gasteiger partial charge in [0.25, 0.3) is 5.91 Å². The highest BCUT2D eigenvalue weighted by atomic mass is 19.1. The average Bonchev–Trinajstić information content (AvgIpc) is 2.55. The average molecular weight is 302 g/mol. The summed E-state index contributed by atoms with van der Waals surface area (Å²) in [4.78, 5) is 28.7. The molecular weight excluding hydrogens is 287 g/mol. The molecular formula is C16H15FN2O3. The number of benzene rings is 1. The van der Waals surface area contributed by atoms with Gasteiger partial charge in [0, 0.05) is 25.4 Å². The quantitative estimate of drug-likeness (QED) is 0.793. The predicted molar refractivity (Wildman–Crippen MR) is 77.4 cm³/mol. The summed E-state index contributed by atoms with van der Waals surface area (Å²) < 4.78 is 18.4. The van der Waals surface area contributed by atoms with E-state index in [2.05, 4.69) is 4.98 Å². The van der Waals surface area contributed by atoms with Crippen LogP contribution in [0.1, 0.15) is 16.1 Å². The smallest absolute Gasteiger partial charge is 0.357 e. The third kappa shape index (κ3) is 4.12. The molecule has 0 spiro atoms. The number of amides is 1. The van der Waals surface area contributed by atoms with Gasteiger partial charge in [-0.2, -0.15) is 0 Å². The van der Waals surface area contributed by atoms with Gasteiger partial charge in [-0.15, -0.1) is 0 Å². The van der Waals surface area contributed by atoms with Gasteiger partial charge in [0.1, 0.15) is 11.5 Å². The maximum Gasteiger partial charge on any atom is 0.357 e. The number of halogens is 1. The number of nitrogens with zero attached hydrogens (tertiary/aromatic N) is 2. The largest absolute Gasteiger partial charge is 0.451 e. The molecule has 22 heavy (non-hydrogen) atoms. The number of hydrogen-bond acceptors (Lipinski definition) is 4. The maximum atomic E-state index is 13.5. The lowest BCUT2D eigenvalue weighted by atomic mass is 10.2. The van der Waals surface area contributed by atoms with Crippen LogP contribution in [-0.2, 0) is 16.1 Å². The Morgan fingerprint density at radius 1 is 1.18 bits per heavy atom. The van der Waals surface area contributed by atoms with E-state index in [-0.39, 0.29) is 18.1 Å². The number of carbonyl (C=O) groups is 2. The van der Waals surface area contributed by atoms with Gasteiger partial charge in [-0.05, 0) is 18.2 Å². The lowest BCUT2D eigenvalue weighted by Crippen LogP contribution is -2.31.